The maximum Gasteiger partial charge on any atom is 0.410 e. The normalized spacial score (nSPS) is 13.8. The summed E-state index contributed by atoms with van der Waals surface area (Å²) in [6.45, 7) is 6.31. The van der Waals surface area contributed by atoms with E-state index < -0.39 is 5.60 Å². The summed E-state index contributed by atoms with van der Waals surface area (Å²) in [5.74, 6) is -0.0702. The summed E-state index contributed by atoms with van der Waals surface area (Å²) in [4.78, 5) is 26.1. The summed E-state index contributed by atoms with van der Waals surface area (Å²) >= 11 is 0. The van der Waals surface area contributed by atoms with E-state index in [1.54, 1.807) is 23.1 Å². The molecule has 1 aliphatic heterocycles. The van der Waals surface area contributed by atoms with Crippen LogP contribution in [0.3, 0.4) is 0 Å². The predicted molar refractivity (Wildman–Crippen MR) is 102 cm³/mol. The van der Waals surface area contributed by atoms with Gasteiger partial charge in [0.25, 0.3) is 0 Å². The first-order valence-corrected chi connectivity index (χ1v) is 9.30. The van der Waals surface area contributed by atoms with Crippen LogP contribution >= 0.6 is 0 Å². The molecule has 0 atom stereocenters. The van der Waals surface area contributed by atoms with Crippen LogP contribution in [0.1, 0.15) is 44.0 Å². The number of nitrogens with zero attached hydrogens (tertiary/aromatic N) is 2. The summed E-state index contributed by atoms with van der Waals surface area (Å²) in [6, 6.07) is 6.42. The highest BCUT2D eigenvalue weighted by molar-refractivity contribution is 5.90. The number of halogens is 1. The highest BCUT2D eigenvalue weighted by atomic mass is 19.1. The van der Waals surface area contributed by atoms with Crippen molar-refractivity contribution in [3.63, 3.8) is 0 Å². The van der Waals surface area contributed by atoms with Crippen molar-refractivity contribution in [2.45, 2.75) is 52.2 Å². The Kier molecular flexibility index (Phi) is 5.67. The average molecular weight is 388 g/mol. The first-order chi connectivity index (χ1) is 13.2. The van der Waals surface area contributed by atoms with Gasteiger partial charge in [-0.3, -0.25) is 9.89 Å². The lowest BCUT2D eigenvalue weighted by Gasteiger charge is -2.29. The van der Waals surface area contributed by atoms with Crippen molar-refractivity contribution in [3.8, 4) is 0 Å². The van der Waals surface area contributed by atoms with E-state index in [9.17, 15) is 14.0 Å². The SMILES string of the molecule is CC(C)(C)OC(=O)N1CCc2c(NC(=O)CCc3ccccc3F)n[nH]c2C1. The number of amides is 2. The molecule has 7 nitrogen and oxygen atoms in total. The van der Waals surface area contributed by atoms with Crippen molar-refractivity contribution >= 4 is 17.8 Å². The van der Waals surface area contributed by atoms with E-state index in [1.165, 1.54) is 6.07 Å². The van der Waals surface area contributed by atoms with Crippen LogP contribution < -0.4 is 5.32 Å². The van der Waals surface area contributed by atoms with Crippen LogP contribution in [0.5, 0.6) is 0 Å². The fraction of sp³-hybridized carbons (Fsp3) is 0.450. The van der Waals surface area contributed by atoms with E-state index in [0.29, 0.717) is 37.3 Å². The van der Waals surface area contributed by atoms with Crippen LogP contribution in [-0.2, 0) is 28.9 Å². The molecular weight excluding hydrogens is 363 g/mol. The maximum absolute atomic E-state index is 13.7. The number of aryl methyl sites for hydroxylation is 1. The van der Waals surface area contributed by atoms with Gasteiger partial charge in [0.2, 0.25) is 5.91 Å². The Labute approximate surface area is 163 Å². The number of benzene rings is 1. The molecule has 0 aliphatic carbocycles. The third-order valence-corrected chi connectivity index (χ3v) is 4.42. The molecular formula is C20H25FN4O3. The third kappa shape index (κ3) is 4.88. The minimum absolute atomic E-state index is 0.159. The number of anilines is 1. The van der Waals surface area contributed by atoms with Gasteiger partial charge in [0.05, 0.1) is 12.2 Å². The van der Waals surface area contributed by atoms with Gasteiger partial charge in [-0.15, -0.1) is 0 Å². The van der Waals surface area contributed by atoms with Crippen LogP contribution in [0.2, 0.25) is 0 Å². The molecule has 2 N–H and O–H groups in total. The molecule has 1 aromatic carbocycles. The van der Waals surface area contributed by atoms with Gasteiger partial charge in [0.1, 0.15) is 11.4 Å². The molecule has 1 aliphatic rings. The number of aromatic nitrogens is 2. The number of fused-ring (bicyclic) bond motifs is 1. The van der Waals surface area contributed by atoms with Crippen molar-refractivity contribution in [3.05, 3.63) is 46.9 Å². The Bertz CT molecular complexity index is 873. The van der Waals surface area contributed by atoms with Crippen LogP contribution in [-0.4, -0.2) is 39.2 Å². The number of rotatable bonds is 4. The van der Waals surface area contributed by atoms with Gasteiger partial charge >= 0.3 is 6.09 Å². The summed E-state index contributed by atoms with van der Waals surface area (Å²) < 4.78 is 19.1. The number of H-pyrrole nitrogens is 1. The lowest BCUT2D eigenvalue weighted by Crippen LogP contribution is -2.39. The first kappa shape index (κ1) is 19.9. The van der Waals surface area contributed by atoms with Crippen molar-refractivity contribution in [1.29, 1.82) is 0 Å². The molecule has 8 heteroatoms. The lowest BCUT2D eigenvalue weighted by molar-refractivity contribution is -0.116. The number of carbonyl (C=O) groups is 2. The van der Waals surface area contributed by atoms with Crippen LogP contribution in [0, 0.1) is 5.82 Å². The fourth-order valence-electron chi connectivity index (χ4n) is 3.05. The molecule has 0 spiro atoms. The van der Waals surface area contributed by atoms with Gasteiger partial charge < -0.3 is 15.0 Å². The maximum atomic E-state index is 13.7. The molecule has 3 rings (SSSR count). The van der Waals surface area contributed by atoms with E-state index in [4.69, 9.17) is 4.74 Å². The van der Waals surface area contributed by atoms with Crippen LogP contribution in [0.15, 0.2) is 24.3 Å². The molecule has 0 bridgehead atoms. The van der Waals surface area contributed by atoms with Gasteiger partial charge in [0, 0.05) is 18.5 Å². The van der Waals surface area contributed by atoms with Gasteiger partial charge in [-0.25, -0.2) is 9.18 Å². The highest BCUT2D eigenvalue weighted by Gasteiger charge is 2.28. The zero-order chi connectivity index (χ0) is 20.3. The van der Waals surface area contributed by atoms with Crippen LogP contribution in [0.25, 0.3) is 0 Å². The van der Waals surface area contributed by atoms with Gasteiger partial charge in [-0.2, -0.15) is 5.10 Å². The molecule has 2 aromatic rings. The average Bonchev–Trinajstić information content (AvgIpc) is 3.01. The van der Waals surface area contributed by atoms with Crippen molar-refractivity contribution < 1.29 is 18.7 Å². The van der Waals surface area contributed by atoms with Gasteiger partial charge in [-0.1, -0.05) is 18.2 Å². The van der Waals surface area contributed by atoms with Crippen molar-refractivity contribution in [1.82, 2.24) is 15.1 Å². The second-order valence-corrected chi connectivity index (χ2v) is 7.82. The zero-order valence-electron chi connectivity index (χ0n) is 16.3. The van der Waals surface area contributed by atoms with E-state index in [-0.39, 0.29) is 24.2 Å². The number of aromatic amines is 1. The molecule has 2 heterocycles. The molecule has 150 valence electrons. The molecule has 0 unspecified atom stereocenters. The second kappa shape index (κ2) is 8.00. The minimum atomic E-state index is -0.553. The van der Waals surface area contributed by atoms with Gasteiger partial charge in [0.15, 0.2) is 5.82 Å². The Hall–Kier alpha value is -2.90. The van der Waals surface area contributed by atoms with E-state index in [0.717, 1.165) is 11.3 Å². The van der Waals surface area contributed by atoms with E-state index in [2.05, 4.69) is 15.5 Å². The largest absolute Gasteiger partial charge is 0.444 e. The second-order valence-electron chi connectivity index (χ2n) is 7.82. The summed E-state index contributed by atoms with van der Waals surface area (Å²) in [6.07, 6.45) is 0.668. The zero-order valence-corrected chi connectivity index (χ0v) is 16.3. The van der Waals surface area contributed by atoms with Gasteiger partial charge in [-0.05, 0) is 45.2 Å². The number of hydrogen-bond acceptors (Lipinski definition) is 4. The monoisotopic (exact) mass is 388 g/mol. The molecule has 28 heavy (non-hydrogen) atoms. The molecule has 0 fully saturated rings. The summed E-state index contributed by atoms with van der Waals surface area (Å²) in [5, 5.41) is 9.84. The molecule has 0 radical (unpaired) electrons. The van der Waals surface area contributed by atoms with Crippen LogP contribution in [0.4, 0.5) is 15.0 Å². The Morgan fingerprint density at radius 1 is 1.32 bits per heavy atom. The summed E-state index contributed by atoms with van der Waals surface area (Å²) in [7, 11) is 0. The van der Waals surface area contributed by atoms with E-state index in [1.807, 2.05) is 20.8 Å². The first-order valence-electron chi connectivity index (χ1n) is 9.30. The molecule has 1 aromatic heterocycles. The molecule has 0 saturated heterocycles. The highest BCUT2D eigenvalue weighted by Crippen LogP contribution is 2.25. The number of carbonyl (C=O) groups excluding carboxylic acids is 2. The lowest BCUT2D eigenvalue weighted by atomic mass is 10.1. The quantitative estimate of drug-likeness (QED) is 0.840. The number of hydrogen-bond donors (Lipinski definition) is 2. The molecule has 0 saturated carbocycles. The third-order valence-electron chi connectivity index (χ3n) is 4.42. The summed E-state index contributed by atoms with van der Waals surface area (Å²) in [5.41, 5.74) is 1.62. The smallest absolute Gasteiger partial charge is 0.410 e. The predicted octanol–water partition coefficient (Wildman–Crippen LogP) is 3.41. The molecule has 2 amide bonds. The van der Waals surface area contributed by atoms with Crippen molar-refractivity contribution in [2.75, 3.05) is 11.9 Å². The Morgan fingerprint density at radius 2 is 2.07 bits per heavy atom. The van der Waals surface area contributed by atoms with E-state index >= 15 is 0 Å². The number of nitrogens with one attached hydrogen (secondary N) is 2. The Balaban J connectivity index is 1.57. The minimum Gasteiger partial charge on any atom is -0.444 e. The standard InChI is InChI=1S/C20H25FN4O3/c1-20(2,3)28-19(27)25-11-10-14-16(12-25)23-24-18(14)22-17(26)9-8-13-6-4-5-7-15(13)21/h4-7H,8-12H2,1-3H3,(H2,22,23,24,26). The fourth-order valence-corrected chi connectivity index (χ4v) is 3.05. The van der Waals surface area contributed by atoms with Crippen molar-refractivity contribution in [2.24, 2.45) is 0 Å². The topological polar surface area (TPSA) is 87.3 Å². The Morgan fingerprint density at radius 3 is 2.79 bits per heavy atom. The number of ether oxygens (including phenoxy) is 1.